The molecule has 2 aromatic carbocycles. The number of halogens is 3. The molecular formula is C16H16I3NO2. The van der Waals surface area contributed by atoms with Crippen LogP contribution in [-0.4, -0.2) is 12.3 Å². The molecule has 118 valence electrons. The molecule has 2 aromatic rings. The lowest BCUT2D eigenvalue weighted by molar-refractivity contribution is -0.115. The van der Waals surface area contributed by atoms with Crippen molar-refractivity contribution in [1.82, 2.24) is 0 Å². The van der Waals surface area contributed by atoms with Gasteiger partial charge in [-0.25, -0.2) is 0 Å². The van der Waals surface area contributed by atoms with Gasteiger partial charge in [-0.15, -0.1) is 0 Å². The van der Waals surface area contributed by atoms with Crippen molar-refractivity contribution >= 4 is 73.6 Å². The minimum Gasteiger partial charge on any atom is -0.455 e. The second-order valence-corrected chi connectivity index (χ2v) is 8.09. The molecule has 0 saturated heterocycles. The summed E-state index contributed by atoms with van der Waals surface area (Å²) in [6.07, 6.45) is 0. The lowest BCUT2D eigenvalue weighted by Crippen LogP contribution is -2.07. The average Bonchev–Trinajstić information content (AvgIpc) is 2.43. The standard InChI is InChI=1S/C13H9I3O.C3H7NO/c1-8-5-11(15)13(12(16)6-8)17-10-4-2-3-9(14)7-10;1-3(5)2-4/h2-7H,1H3;2,4H2,1H3. The lowest BCUT2D eigenvalue weighted by atomic mass is 10.2. The zero-order valence-corrected chi connectivity index (χ0v) is 18.7. The number of ketones is 1. The van der Waals surface area contributed by atoms with Gasteiger partial charge in [0.15, 0.2) is 5.75 Å². The number of carbonyl (C=O) groups is 1. The van der Waals surface area contributed by atoms with Crippen molar-refractivity contribution in [2.75, 3.05) is 6.54 Å². The molecule has 0 saturated carbocycles. The first-order chi connectivity index (χ1) is 10.3. The third kappa shape index (κ3) is 7.09. The highest BCUT2D eigenvalue weighted by molar-refractivity contribution is 14.1. The van der Waals surface area contributed by atoms with Crippen molar-refractivity contribution in [2.45, 2.75) is 13.8 Å². The predicted molar refractivity (Wildman–Crippen MR) is 116 cm³/mol. The summed E-state index contributed by atoms with van der Waals surface area (Å²) in [5.41, 5.74) is 6.08. The zero-order chi connectivity index (χ0) is 16.7. The van der Waals surface area contributed by atoms with E-state index in [-0.39, 0.29) is 12.3 Å². The van der Waals surface area contributed by atoms with Crippen molar-refractivity contribution < 1.29 is 9.53 Å². The molecule has 0 fully saturated rings. The summed E-state index contributed by atoms with van der Waals surface area (Å²) < 4.78 is 9.42. The van der Waals surface area contributed by atoms with E-state index in [0.717, 1.165) is 18.6 Å². The number of rotatable bonds is 3. The molecule has 0 radical (unpaired) electrons. The Morgan fingerprint density at radius 2 is 1.68 bits per heavy atom. The molecule has 0 heterocycles. The van der Waals surface area contributed by atoms with Crippen molar-refractivity contribution in [1.29, 1.82) is 0 Å². The highest BCUT2D eigenvalue weighted by Crippen LogP contribution is 2.33. The second-order valence-electron chi connectivity index (χ2n) is 4.52. The van der Waals surface area contributed by atoms with E-state index in [0.29, 0.717) is 0 Å². The van der Waals surface area contributed by atoms with Crippen LogP contribution in [0.4, 0.5) is 0 Å². The van der Waals surface area contributed by atoms with Gasteiger partial charge in [0.25, 0.3) is 0 Å². The summed E-state index contributed by atoms with van der Waals surface area (Å²) in [6, 6.07) is 12.3. The molecular weight excluding hydrogens is 619 g/mol. The maximum Gasteiger partial charge on any atom is 0.154 e. The SMILES string of the molecule is CC(=O)CN.Cc1cc(I)c(Oc2cccc(I)c2)c(I)c1. The number of hydrogen-bond donors (Lipinski definition) is 1. The van der Waals surface area contributed by atoms with E-state index >= 15 is 0 Å². The van der Waals surface area contributed by atoms with E-state index in [9.17, 15) is 4.79 Å². The van der Waals surface area contributed by atoms with Crippen LogP contribution in [0.1, 0.15) is 12.5 Å². The van der Waals surface area contributed by atoms with Crippen LogP contribution in [0.2, 0.25) is 0 Å². The third-order valence-corrected chi connectivity index (χ3v) is 4.72. The summed E-state index contributed by atoms with van der Waals surface area (Å²) in [6.45, 7) is 3.72. The van der Waals surface area contributed by atoms with Crippen molar-refractivity contribution in [3.05, 3.63) is 52.7 Å². The maximum atomic E-state index is 9.69. The summed E-state index contributed by atoms with van der Waals surface area (Å²) in [4.78, 5) is 9.69. The number of benzene rings is 2. The number of aryl methyl sites for hydroxylation is 1. The quantitative estimate of drug-likeness (QED) is 0.477. The number of Topliss-reactive ketones (excluding diaryl/α,β-unsaturated/α-hetero) is 1. The minimum absolute atomic E-state index is 0.0324. The number of carbonyl (C=O) groups excluding carboxylic acids is 1. The van der Waals surface area contributed by atoms with Crippen molar-refractivity contribution in [3.8, 4) is 11.5 Å². The Hall–Kier alpha value is 0.0600. The van der Waals surface area contributed by atoms with Gasteiger partial charge in [0.1, 0.15) is 11.5 Å². The summed E-state index contributed by atoms with van der Waals surface area (Å²) >= 11 is 6.92. The average molecular weight is 635 g/mol. The third-order valence-electron chi connectivity index (χ3n) is 2.45. The van der Waals surface area contributed by atoms with Crippen LogP contribution in [0.5, 0.6) is 11.5 Å². The molecule has 2 rings (SSSR count). The van der Waals surface area contributed by atoms with Gasteiger partial charge in [-0.2, -0.15) is 0 Å². The van der Waals surface area contributed by atoms with E-state index in [2.05, 4.69) is 92.9 Å². The lowest BCUT2D eigenvalue weighted by Gasteiger charge is -2.11. The molecule has 0 aromatic heterocycles. The summed E-state index contributed by atoms with van der Waals surface area (Å²) in [5, 5.41) is 0. The second kappa shape index (κ2) is 10.0. The van der Waals surface area contributed by atoms with Crippen LogP contribution in [0.3, 0.4) is 0 Å². The normalized spacial score (nSPS) is 9.73. The van der Waals surface area contributed by atoms with Gasteiger partial charge >= 0.3 is 0 Å². The van der Waals surface area contributed by atoms with Crippen LogP contribution in [0.15, 0.2) is 36.4 Å². The topological polar surface area (TPSA) is 52.3 Å². The Morgan fingerprint density at radius 3 is 2.14 bits per heavy atom. The van der Waals surface area contributed by atoms with Crippen molar-refractivity contribution in [2.24, 2.45) is 5.73 Å². The smallest absolute Gasteiger partial charge is 0.154 e. The zero-order valence-electron chi connectivity index (χ0n) is 12.2. The molecule has 6 heteroatoms. The van der Waals surface area contributed by atoms with Gasteiger partial charge in [-0.1, -0.05) is 6.07 Å². The number of ether oxygens (including phenoxy) is 1. The van der Waals surface area contributed by atoms with Crippen LogP contribution in [-0.2, 0) is 4.79 Å². The molecule has 0 atom stereocenters. The minimum atomic E-state index is 0.0324. The molecule has 0 amide bonds. The predicted octanol–water partition coefficient (Wildman–Crippen LogP) is 5.14. The molecule has 22 heavy (non-hydrogen) atoms. The Kier molecular flexibility index (Phi) is 9.17. The fraction of sp³-hybridized carbons (Fsp3) is 0.188. The first kappa shape index (κ1) is 20.1. The monoisotopic (exact) mass is 635 g/mol. The van der Waals surface area contributed by atoms with Crippen molar-refractivity contribution in [3.63, 3.8) is 0 Å². The maximum absolute atomic E-state index is 9.69. The summed E-state index contributed by atoms with van der Waals surface area (Å²) in [7, 11) is 0. The van der Waals surface area contributed by atoms with Gasteiger partial charge in [0.2, 0.25) is 0 Å². The van der Waals surface area contributed by atoms with Crippen LogP contribution < -0.4 is 10.5 Å². The number of nitrogens with two attached hydrogens (primary N) is 1. The first-order valence-electron chi connectivity index (χ1n) is 6.42. The van der Waals surface area contributed by atoms with E-state index in [1.165, 1.54) is 16.1 Å². The van der Waals surface area contributed by atoms with E-state index in [4.69, 9.17) is 10.5 Å². The van der Waals surface area contributed by atoms with E-state index in [1.807, 2.05) is 18.2 Å². The molecule has 0 bridgehead atoms. The molecule has 0 aliphatic heterocycles. The first-order valence-corrected chi connectivity index (χ1v) is 9.65. The Labute approximate surface area is 171 Å². The number of hydrogen-bond acceptors (Lipinski definition) is 3. The van der Waals surface area contributed by atoms with Gasteiger partial charge in [0.05, 0.1) is 13.7 Å². The Morgan fingerprint density at radius 1 is 1.14 bits per heavy atom. The summed E-state index contributed by atoms with van der Waals surface area (Å²) in [5.74, 6) is 1.86. The highest BCUT2D eigenvalue weighted by atomic mass is 127. The largest absolute Gasteiger partial charge is 0.455 e. The molecule has 3 nitrogen and oxygen atoms in total. The fourth-order valence-corrected chi connectivity index (χ4v) is 4.25. The van der Waals surface area contributed by atoms with Crippen LogP contribution in [0, 0.1) is 17.6 Å². The highest BCUT2D eigenvalue weighted by Gasteiger charge is 2.08. The molecule has 0 spiro atoms. The molecule has 0 aliphatic rings. The van der Waals surface area contributed by atoms with Gasteiger partial charge in [0, 0.05) is 3.57 Å². The van der Waals surface area contributed by atoms with Crippen LogP contribution >= 0.6 is 67.8 Å². The Balaban J connectivity index is 0.000000422. The fourth-order valence-electron chi connectivity index (χ4n) is 1.43. The van der Waals surface area contributed by atoms with Gasteiger partial charge in [-0.05, 0) is 118 Å². The molecule has 0 unspecified atom stereocenters. The van der Waals surface area contributed by atoms with E-state index < -0.39 is 0 Å². The van der Waals surface area contributed by atoms with Gasteiger partial charge in [-0.3, -0.25) is 4.79 Å². The Bertz CT molecular complexity index is 637. The molecule has 2 N–H and O–H groups in total. The van der Waals surface area contributed by atoms with E-state index in [1.54, 1.807) is 0 Å². The van der Waals surface area contributed by atoms with Crippen LogP contribution in [0.25, 0.3) is 0 Å². The molecule has 0 aliphatic carbocycles. The van der Waals surface area contributed by atoms with Gasteiger partial charge < -0.3 is 10.5 Å².